The Labute approximate surface area is 43.6 Å². The lowest BCUT2D eigenvalue weighted by Gasteiger charge is -2.17. The molecule has 7 heavy (non-hydrogen) atoms. The molecule has 0 aromatic heterocycles. The molecule has 1 aliphatic rings. The van der Waals surface area contributed by atoms with Crippen LogP contribution < -0.4 is 5.73 Å². The fourth-order valence-corrected chi connectivity index (χ4v) is 0.766. The number of rotatable bonds is 0. The minimum atomic E-state index is 0.0359. The van der Waals surface area contributed by atoms with Crippen molar-refractivity contribution in [2.75, 3.05) is 6.61 Å². The van der Waals surface area contributed by atoms with E-state index >= 15 is 0 Å². The molecule has 1 atom stereocenters. The van der Waals surface area contributed by atoms with E-state index in [0.717, 1.165) is 13.0 Å². The van der Waals surface area contributed by atoms with E-state index in [1.807, 2.05) is 0 Å². The third-order valence-electron chi connectivity index (χ3n) is 1.21. The van der Waals surface area contributed by atoms with Gasteiger partial charge in [0.1, 0.15) is 6.23 Å². The van der Waals surface area contributed by atoms with Crippen LogP contribution in [0.1, 0.15) is 19.3 Å². The zero-order valence-electron chi connectivity index (χ0n) is 4.39. The van der Waals surface area contributed by atoms with Gasteiger partial charge < -0.3 is 10.5 Å². The largest absolute Gasteiger partial charge is 0.364 e. The van der Waals surface area contributed by atoms with E-state index in [2.05, 4.69) is 0 Å². The molecule has 42 valence electrons. The maximum Gasteiger partial charge on any atom is 0.105 e. The molecule has 0 bridgehead atoms. The van der Waals surface area contributed by atoms with Crippen LogP contribution in [-0.2, 0) is 4.74 Å². The highest BCUT2D eigenvalue weighted by Crippen LogP contribution is 2.06. The first-order chi connectivity index (χ1) is 3.39. The molecule has 1 rings (SSSR count). The van der Waals surface area contributed by atoms with E-state index in [1.54, 1.807) is 0 Å². The molecule has 2 nitrogen and oxygen atoms in total. The second kappa shape index (κ2) is 2.28. The SMILES string of the molecule is N[C@H]1CCCCO1. The number of ether oxygens (including phenoxy) is 1. The minimum absolute atomic E-state index is 0.0359. The molecule has 0 spiro atoms. The molecule has 2 heteroatoms. The Balaban J connectivity index is 2.12. The average Bonchev–Trinajstić information content (AvgIpc) is 1.69. The molecule has 2 N–H and O–H groups in total. The van der Waals surface area contributed by atoms with Gasteiger partial charge in [-0.15, -0.1) is 0 Å². The summed E-state index contributed by atoms with van der Waals surface area (Å²) < 4.78 is 5.06. The molecule has 1 saturated heterocycles. The van der Waals surface area contributed by atoms with Gasteiger partial charge in [0.05, 0.1) is 0 Å². The summed E-state index contributed by atoms with van der Waals surface area (Å²) >= 11 is 0. The standard InChI is InChI=1S/C5H11NO/c6-5-3-1-2-4-7-5/h5H,1-4,6H2/t5-/m1/s1. The van der Waals surface area contributed by atoms with Crippen molar-refractivity contribution in [2.45, 2.75) is 25.5 Å². The summed E-state index contributed by atoms with van der Waals surface area (Å²) in [5, 5.41) is 0. The van der Waals surface area contributed by atoms with Gasteiger partial charge in [0.25, 0.3) is 0 Å². The Hall–Kier alpha value is -0.0800. The predicted octanol–water partition coefficient (Wildman–Crippen LogP) is 0.472. The Bertz CT molecular complexity index is 50.0. The van der Waals surface area contributed by atoms with Crippen LogP contribution >= 0.6 is 0 Å². The molecule has 0 saturated carbocycles. The monoisotopic (exact) mass is 101 g/mol. The van der Waals surface area contributed by atoms with Crippen LogP contribution in [0.5, 0.6) is 0 Å². The van der Waals surface area contributed by atoms with Crippen LogP contribution in [0, 0.1) is 0 Å². The van der Waals surface area contributed by atoms with Crippen molar-refractivity contribution in [3.63, 3.8) is 0 Å². The molecular weight excluding hydrogens is 90.1 g/mol. The van der Waals surface area contributed by atoms with Crippen LogP contribution in [0.2, 0.25) is 0 Å². The van der Waals surface area contributed by atoms with Gasteiger partial charge in [0, 0.05) is 6.61 Å². The Morgan fingerprint density at radius 2 is 2.29 bits per heavy atom. The van der Waals surface area contributed by atoms with Crippen molar-refractivity contribution in [3.8, 4) is 0 Å². The molecular formula is C5H11NO. The Morgan fingerprint density at radius 3 is 2.57 bits per heavy atom. The maximum absolute atomic E-state index is 5.41. The normalized spacial score (nSPS) is 33.0. The quantitative estimate of drug-likeness (QED) is 0.481. The topological polar surface area (TPSA) is 35.2 Å². The first kappa shape index (κ1) is 5.06. The summed E-state index contributed by atoms with van der Waals surface area (Å²) in [5.41, 5.74) is 5.41. The molecule has 0 aromatic rings. The van der Waals surface area contributed by atoms with Crippen LogP contribution in [0.3, 0.4) is 0 Å². The molecule has 1 aliphatic heterocycles. The minimum Gasteiger partial charge on any atom is -0.364 e. The molecule has 1 heterocycles. The maximum atomic E-state index is 5.41. The molecule has 0 aromatic carbocycles. The first-order valence-corrected chi connectivity index (χ1v) is 2.77. The van der Waals surface area contributed by atoms with Gasteiger partial charge in [-0.3, -0.25) is 0 Å². The smallest absolute Gasteiger partial charge is 0.105 e. The molecule has 0 unspecified atom stereocenters. The lowest BCUT2D eigenvalue weighted by Crippen LogP contribution is -2.27. The van der Waals surface area contributed by atoms with Gasteiger partial charge in [-0.1, -0.05) is 0 Å². The van der Waals surface area contributed by atoms with Crippen molar-refractivity contribution in [2.24, 2.45) is 5.73 Å². The van der Waals surface area contributed by atoms with Crippen molar-refractivity contribution in [3.05, 3.63) is 0 Å². The molecule has 0 radical (unpaired) electrons. The second-order valence-corrected chi connectivity index (χ2v) is 1.91. The van der Waals surface area contributed by atoms with Crippen LogP contribution in [-0.4, -0.2) is 12.8 Å². The number of hydrogen-bond donors (Lipinski definition) is 1. The fraction of sp³-hybridized carbons (Fsp3) is 1.00. The average molecular weight is 101 g/mol. The van der Waals surface area contributed by atoms with Crippen LogP contribution in [0.15, 0.2) is 0 Å². The van der Waals surface area contributed by atoms with Gasteiger partial charge in [0.15, 0.2) is 0 Å². The highest BCUT2D eigenvalue weighted by molar-refractivity contribution is 4.54. The van der Waals surface area contributed by atoms with Gasteiger partial charge in [0.2, 0.25) is 0 Å². The van der Waals surface area contributed by atoms with Crippen LogP contribution in [0.25, 0.3) is 0 Å². The molecule has 1 fully saturated rings. The van der Waals surface area contributed by atoms with Crippen molar-refractivity contribution in [1.29, 1.82) is 0 Å². The highest BCUT2D eigenvalue weighted by Gasteiger charge is 2.06. The van der Waals surface area contributed by atoms with Gasteiger partial charge in [-0.2, -0.15) is 0 Å². The third-order valence-corrected chi connectivity index (χ3v) is 1.21. The Kier molecular flexibility index (Phi) is 1.65. The van der Waals surface area contributed by atoms with E-state index in [-0.39, 0.29) is 6.23 Å². The Morgan fingerprint density at radius 1 is 1.43 bits per heavy atom. The summed E-state index contributed by atoms with van der Waals surface area (Å²) in [7, 11) is 0. The van der Waals surface area contributed by atoms with Crippen LogP contribution in [0.4, 0.5) is 0 Å². The number of hydrogen-bond acceptors (Lipinski definition) is 2. The van der Waals surface area contributed by atoms with Crippen molar-refractivity contribution in [1.82, 2.24) is 0 Å². The first-order valence-electron chi connectivity index (χ1n) is 2.77. The van der Waals surface area contributed by atoms with Gasteiger partial charge >= 0.3 is 0 Å². The van der Waals surface area contributed by atoms with Crippen molar-refractivity contribution < 1.29 is 4.74 Å². The van der Waals surface area contributed by atoms with E-state index in [9.17, 15) is 0 Å². The fourth-order valence-electron chi connectivity index (χ4n) is 0.766. The summed E-state index contributed by atoms with van der Waals surface area (Å²) in [6.07, 6.45) is 3.50. The van der Waals surface area contributed by atoms with Gasteiger partial charge in [-0.05, 0) is 19.3 Å². The summed E-state index contributed by atoms with van der Waals surface area (Å²) in [6, 6.07) is 0. The predicted molar refractivity (Wildman–Crippen MR) is 27.8 cm³/mol. The van der Waals surface area contributed by atoms with E-state index in [0.29, 0.717) is 0 Å². The summed E-state index contributed by atoms with van der Waals surface area (Å²) in [6.45, 7) is 0.862. The zero-order chi connectivity index (χ0) is 5.11. The zero-order valence-corrected chi connectivity index (χ0v) is 4.39. The molecule has 0 amide bonds. The second-order valence-electron chi connectivity index (χ2n) is 1.91. The van der Waals surface area contributed by atoms with E-state index in [4.69, 9.17) is 10.5 Å². The van der Waals surface area contributed by atoms with Gasteiger partial charge in [-0.25, -0.2) is 0 Å². The van der Waals surface area contributed by atoms with E-state index < -0.39 is 0 Å². The lowest BCUT2D eigenvalue weighted by molar-refractivity contribution is 0.0206. The third kappa shape index (κ3) is 1.45. The van der Waals surface area contributed by atoms with E-state index in [1.165, 1.54) is 12.8 Å². The highest BCUT2D eigenvalue weighted by atomic mass is 16.5. The lowest BCUT2D eigenvalue weighted by atomic mass is 10.2. The summed E-state index contributed by atoms with van der Waals surface area (Å²) in [4.78, 5) is 0. The summed E-state index contributed by atoms with van der Waals surface area (Å²) in [5.74, 6) is 0. The van der Waals surface area contributed by atoms with Crippen molar-refractivity contribution >= 4 is 0 Å². The number of nitrogens with two attached hydrogens (primary N) is 1. The molecule has 0 aliphatic carbocycles.